The van der Waals surface area contributed by atoms with Gasteiger partial charge in [0.25, 0.3) is 0 Å². The van der Waals surface area contributed by atoms with Crippen LogP contribution >= 0.6 is 0 Å². The molecule has 0 aliphatic heterocycles. The SMILES string of the molecule is NC(=O)CC1(C(=O)O)CC=Cc2ccccc21. The number of hydrogen-bond acceptors (Lipinski definition) is 2. The predicted molar refractivity (Wildman–Crippen MR) is 63.2 cm³/mol. The van der Waals surface area contributed by atoms with Gasteiger partial charge in [0.15, 0.2) is 0 Å². The minimum atomic E-state index is -1.21. The maximum absolute atomic E-state index is 11.5. The van der Waals surface area contributed by atoms with Crippen LogP contribution in [0.15, 0.2) is 30.3 Å². The van der Waals surface area contributed by atoms with Crippen molar-refractivity contribution < 1.29 is 14.7 Å². The Balaban J connectivity index is 2.59. The van der Waals surface area contributed by atoms with E-state index in [-0.39, 0.29) is 6.42 Å². The lowest BCUT2D eigenvalue weighted by molar-refractivity contribution is -0.146. The van der Waals surface area contributed by atoms with Gasteiger partial charge in [-0.1, -0.05) is 36.4 Å². The van der Waals surface area contributed by atoms with Crippen LogP contribution in [0.4, 0.5) is 0 Å². The summed E-state index contributed by atoms with van der Waals surface area (Å²) < 4.78 is 0. The van der Waals surface area contributed by atoms with Crippen molar-refractivity contribution in [2.75, 3.05) is 0 Å². The summed E-state index contributed by atoms with van der Waals surface area (Å²) in [5.74, 6) is -1.61. The fourth-order valence-corrected chi connectivity index (χ4v) is 2.32. The average molecular weight is 231 g/mol. The molecule has 2 rings (SSSR count). The molecule has 1 aromatic rings. The van der Waals surface area contributed by atoms with Gasteiger partial charge in [0.05, 0.1) is 0 Å². The lowest BCUT2D eigenvalue weighted by Crippen LogP contribution is -2.41. The van der Waals surface area contributed by atoms with E-state index in [1.807, 2.05) is 18.2 Å². The van der Waals surface area contributed by atoms with Crippen molar-refractivity contribution in [3.63, 3.8) is 0 Å². The monoisotopic (exact) mass is 231 g/mol. The molecule has 1 aliphatic carbocycles. The molecule has 3 N–H and O–H groups in total. The normalized spacial score (nSPS) is 21.9. The van der Waals surface area contributed by atoms with Gasteiger partial charge in [0, 0.05) is 6.42 Å². The molecule has 1 unspecified atom stereocenters. The number of carboxylic acid groups (broad SMARTS) is 1. The summed E-state index contributed by atoms with van der Waals surface area (Å²) in [4.78, 5) is 22.7. The van der Waals surface area contributed by atoms with Crippen molar-refractivity contribution in [2.24, 2.45) is 5.73 Å². The first-order chi connectivity index (χ1) is 8.06. The smallest absolute Gasteiger partial charge is 0.314 e. The van der Waals surface area contributed by atoms with E-state index >= 15 is 0 Å². The van der Waals surface area contributed by atoms with Crippen molar-refractivity contribution in [1.29, 1.82) is 0 Å². The molecule has 1 aromatic carbocycles. The first-order valence-electron chi connectivity index (χ1n) is 5.34. The molecule has 0 saturated carbocycles. The number of allylic oxidation sites excluding steroid dienone is 1. The Morgan fingerprint density at radius 3 is 2.71 bits per heavy atom. The molecule has 4 nitrogen and oxygen atoms in total. The molecule has 0 heterocycles. The number of benzene rings is 1. The minimum Gasteiger partial charge on any atom is -0.481 e. The van der Waals surface area contributed by atoms with Crippen LogP contribution in [0, 0.1) is 0 Å². The Hall–Kier alpha value is -2.10. The first kappa shape index (κ1) is 11.4. The van der Waals surface area contributed by atoms with E-state index in [2.05, 4.69) is 0 Å². The fraction of sp³-hybridized carbons (Fsp3) is 0.231. The van der Waals surface area contributed by atoms with E-state index in [0.717, 1.165) is 5.56 Å². The highest BCUT2D eigenvalue weighted by molar-refractivity contribution is 5.91. The summed E-state index contributed by atoms with van der Waals surface area (Å²) >= 11 is 0. The second kappa shape index (κ2) is 4.05. The maximum Gasteiger partial charge on any atom is 0.314 e. The Morgan fingerprint density at radius 2 is 2.06 bits per heavy atom. The third kappa shape index (κ3) is 1.82. The third-order valence-electron chi connectivity index (χ3n) is 3.13. The topological polar surface area (TPSA) is 80.4 Å². The molecule has 0 spiro atoms. The number of fused-ring (bicyclic) bond motifs is 1. The van der Waals surface area contributed by atoms with Gasteiger partial charge in [0.1, 0.15) is 5.41 Å². The molecule has 0 aromatic heterocycles. The molecular formula is C13H13NO3. The van der Waals surface area contributed by atoms with Crippen LogP contribution in [-0.2, 0) is 15.0 Å². The molecule has 1 atom stereocenters. The zero-order valence-corrected chi connectivity index (χ0v) is 9.22. The van der Waals surface area contributed by atoms with Crippen LogP contribution < -0.4 is 5.73 Å². The number of aliphatic carboxylic acids is 1. The molecule has 0 bridgehead atoms. The fourth-order valence-electron chi connectivity index (χ4n) is 2.32. The molecule has 4 heteroatoms. The van der Waals surface area contributed by atoms with E-state index in [1.54, 1.807) is 18.2 Å². The number of primary amides is 1. The zero-order valence-electron chi connectivity index (χ0n) is 9.22. The number of carboxylic acids is 1. The van der Waals surface area contributed by atoms with Crippen LogP contribution in [0.3, 0.4) is 0 Å². The molecule has 1 amide bonds. The number of rotatable bonds is 3. The number of carbonyl (C=O) groups excluding carboxylic acids is 1. The quantitative estimate of drug-likeness (QED) is 0.822. The molecule has 0 saturated heterocycles. The van der Waals surface area contributed by atoms with Crippen LogP contribution in [0.1, 0.15) is 24.0 Å². The van der Waals surface area contributed by atoms with E-state index < -0.39 is 17.3 Å². The summed E-state index contributed by atoms with van der Waals surface area (Å²) in [6.07, 6.45) is 3.77. The molecule has 1 aliphatic rings. The Kier molecular flexibility index (Phi) is 2.71. The molecule has 0 radical (unpaired) electrons. The van der Waals surface area contributed by atoms with Crippen molar-refractivity contribution in [3.05, 3.63) is 41.5 Å². The van der Waals surface area contributed by atoms with Crippen molar-refractivity contribution >= 4 is 18.0 Å². The lowest BCUT2D eigenvalue weighted by atomic mass is 9.70. The second-order valence-corrected chi connectivity index (χ2v) is 4.22. The predicted octanol–water partition coefficient (Wildman–Crippen LogP) is 1.30. The lowest BCUT2D eigenvalue weighted by Gasteiger charge is -2.31. The second-order valence-electron chi connectivity index (χ2n) is 4.22. The number of carbonyl (C=O) groups is 2. The minimum absolute atomic E-state index is 0.177. The van der Waals surface area contributed by atoms with Gasteiger partial charge < -0.3 is 10.8 Å². The summed E-state index contributed by atoms with van der Waals surface area (Å²) in [6.45, 7) is 0. The summed E-state index contributed by atoms with van der Waals surface area (Å²) in [6, 6.07) is 7.20. The van der Waals surface area contributed by atoms with E-state index in [0.29, 0.717) is 12.0 Å². The van der Waals surface area contributed by atoms with Gasteiger partial charge in [-0.15, -0.1) is 0 Å². The third-order valence-corrected chi connectivity index (χ3v) is 3.13. The van der Waals surface area contributed by atoms with Gasteiger partial charge in [-0.25, -0.2) is 0 Å². The first-order valence-corrected chi connectivity index (χ1v) is 5.34. The van der Waals surface area contributed by atoms with Crippen molar-refractivity contribution in [2.45, 2.75) is 18.3 Å². The Bertz CT molecular complexity index is 507. The standard InChI is InChI=1S/C13H13NO3/c14-11(15)8-13(12(16)17)7-3-5-9-4-1-2-6-10(9)13/h1-6H,7-8H2,(H2,14,15)(H,16,17). The van der Waals surface area contributed by atoms with Crippen LogP contribution in [0.5, 0.6) is 0 Å². The Labute approximate surface area is 98.7 Å². The summed E-state index contributed by atoms with van der Waals surface area (Å²) in [5, 5.41) is 9.44. The number of amides is 1. The maximum atomic E-state index is 11.5. The summed E-state index contributed by atoms with van der Waals surface area (Å²) in [7, 11) is 0. The van der Waals surface area contributed by atoms with E-state index in [1.165, 1.54) is 0 Å². The van der Waals surface area contributed by atoms with Gasteiger partial charge in [0.2, 0.25) is 5.91 Å². The largest absolute Gasteiger partial charge is 0.481 e. The molecule has 17 heavy (non-hydrogen) atoms. The van der Waals surface area contributed by atoms with Crippen LogP contribution in [0.2, 0.25) is 0 Å². The van der Waals surface area contributed by atoms with E-state index in [4.69, 9.17) is 5.73 Å². The van der Waals surface area contributed by atoms with Gasteiger partial charge >= 0.3 is 5.97 Å². The molecule has 88 valence electrons. The highest BCUT2D eigenvalue weighted by atomic mass is 16.4. The van der Waals surface area contributed by atoms with E-state index in [9.17, 15) is 14.7 Å². The van der Waals surface area contributed by atoms with Crippen molar-refractivity contribution in [3.8, 4) is 0 Å². The average Bonchev–Trinajstić information content (AvgIpc) is 2.28. The van der Waals surface area contributed by atoms with Gasteiger partial charge in [-0.3, -0.25) is 9.59 Å². The van der Waals surface area contributed by atoms with Crippen LogP contribution in [0.25, 0.3) is 6.08 Å². The molecule has 0 fully saturated rings. The number of nitrogens with two attached hydrogens (primary N) is 1. The zero-order chi connectivity index (χ0) is 12.5. The number of hydrogen-bond donors (Lipinski definition) is 2. The highest BCUT2D eigenvalue weighted by Gasteiger charge is 2.43. The highest BCUT2D eigenvalue weighted by Crippen LogP contribution is 2.38. The van der Waals surface area contributed by atoms with Gasteiger partial charge in [-0.05, 0) is 17.5 Å². The van der Waals surface area contributed by atoms with Gasteiger partial charge in [-0.2, -0.15) is 0 Å². The molecular weight excluding hydrogens is 218 g/mol. The Morgan fingerprint density at radius 1 is 1.35 bits per heavy atom. The van der Waals surface area contributed by atoms with Crippen molar-refractivity contribution in [1.82, 2.24) is 0 Å². The summed E-state index contributed by atoms with van der Waals surface area (Å²) in [5.41, 5.74) is 5.46. The van der Waals surface area contributed by atoms with Crippen LogP contribution in [-0.4, -0.2) is 17.0 Å².